The zero-order chi connectivity index (χ0) is 22.5. The maximum atomic E-state index is 12.8. The molecule has 1 aromatic carbocycles. The average Bonchev–Trinajstić information content (AvgIpc) is 3.12. The highest BCUT2D eigenvalue weighted by Gasteiger charge is 2.54. The Morgan fingerprint density at radius 3 is 2.62 bits per heavy atom. The molecule has 2 N–H and O–H groups in total. The highest BCUT2D eigenvalue weighted by Crippen LogP contribution is 2.48. The monoisotopic (exact) mass is 443 g/mol. The van der Waals surface area contributed by atoms with Gasteiger partial charge in [0.05, 0.1) is 22.8 Å². The molecule has 1 saturated carbocycles. The predicted molar refractivity (Wildman–Crippen MR) is 110 cm³/mol. The topological polar surface area (TPSA) is 78.7 Å². The van der Waals surface area contributed by atoms with Crippen LogP contribution in [0.3, 0.4) is 0 Å². The third-order valence-corrected chi connectivity index (χ3v) is 6.14. The molecule has 2 fully saturated rings. The van der Waals surface area contributed by atoms with Gasteiger partial charge in [0.25, 0.3) is 5.91 Å². The van der Waals surface area contributed by atoms with Crippen molar-refractivity contribution in [2.75, 3.05) is 18.4 Å². The van der Waals surface area contributed by atoms with E-state index in [1.165, 1.54) is 12.1 Å². The van der Waals surface area contributed by atoms with Gasteiger partial charge in [-0.25, -0.2) is 9.31 Å². The highest BCUT2D eigenvalue weighted by atomic mass is 19.4. The maximum absolute atomic E-state index is 12.8. The molecule has 3 amide bonds. The Balaban J connectivity index is 1.12. The lowest BCUT2D eigenvalue weighted by atomic mass is 9.60. The van der Waals surface area contributed by atoms with E-state index < -0.39 is 17.8 Å². The SMILES string of the molecule is O=C(Nc1cccc(C(F)(F)F)c1)NC1CC2(C1)CN(C(=O)c1cnn3ccccc13)C2. The van der Waals surface area contributed by atoms with Gasteiger partial charge in [0, 0.05) is 36.4 Å². The fourth-order valence-electron chi connectivity index (χ4n) is 4.65. The van der Waals surface area contributed by atoms with E-state index in [1.54, 1.807) is 21.8 Å². The Kier molecular flexibility index (Phi) is 4.61. The summed E-state index contributed by atoms with van der Waals surface area (Å²) < 4.78 is 40.1. The van der Waals surface area contributed by atoms with E-state index >= 15 is 0 Å². The van der Waals surface area contributed by atoms with Crippen molar-refractivity contribution in [1.29, 1.82) is 0 Å². The summed E-state index contributed by atoms with van der Waals surface area (Å²) in [6, 6.07) is 9.45. The van der Waals surface area contributed by atoms with Crippen LogP contribution >= 0.6 is 0 Å². The van der Waals surface area contributed by atoms with E-state index in [4.69, 9.17) is 0 Å². The van der Waals surface area contributed by atoms with Crippen LogP contribution in [0.5, 0.6) is 0 Å². The number of alkyl halides is 3. The number of pyridine rings is 1. The van der Waals surface area contributed by atoms with Gasteiger partial charge in [0.2, 0.25) is 0 Å². The van der Waals surface area contributed by atoms with Crippen molar-refractivity contribution < 1.29 is 22.8 Å². The van der Waals surface area contributed by atoms with Crippen LogP contribution in [0.25, 0.3) is 5.52 Å². The van der Waals surface area contributed by atoms with Gasteiger partial charge >= 0.3 is 12.2 Å². The fraction of sp³-hybridized carbons (Fsp3) is 0.318. The molecule has 0 radical (unpaired) electrons. The van der Waals surface area contributed by atoms with Crippen molar-refractivity contribution in [2.24, 2.45) is 5.41 Å². The number of urea groups is 1. The van der Waals surface area contributed by atoms with Gasteiger partial charge in [0.15, 0.2) is 0 Å². The Hall–Kier alpha value is -3.56. The van der Waals surface area contributed by atoms with E-state index in [1.807, 2.05) is 18.2 Å². The summed E-state index contributed by atoms with van der Waals surface area (Å²) in [4.78, 5) is 26.8. The second-order valence-corrected chi connectivity index (χ2v) is 8.53. The maximum Gasteiger partial charge on any atom is 0.416 e. The quantitative estimate of drug-likeness (QED) is 0.647. The minimum Gasteiger partial charge on any atom is -0.337 e. The Morgan fingerprint density at radius 2 is 1.88 bits per heavy atom. The number of anilines is 1. The van der Waals surface area contributed by atoms with Crippen LogP contribution in [-0.2, 0) is 6.18 Å². The lowest BCUT2D eigenvalue weighted by molar-refractivity contribution is -0.137. The summed E-state index contributed by atoms with van der Waals surface area (Å²) in [6.45, 7) is 1.23. The van der Waals surface area contributed by atoms with Crippen LogP contribution in [0, 0.1) is 5.41 Å². The third-order valence-electron chi connectivity index (χ3n) is 6.14. The van der Waals surface area contributed by atoms with Crippen molar-refractivity contribution in [3.63, 3.8) is 0 Å². The number of rotatable bonds is 3. The number of nitrogens with zero attached hydrogens (tertiary/aromatic N) is 3. The van der Waals surface area contributed by atoms with E-state index in [0.717, 1.165) is 30.5 Å². The summed E-state index contributed by atoms with van der Waals surface area (Å²) in [6.07, 6.45) is 0.344. The first-order valence-electron chi connectivity index (χ1n) is 10.2. The average molecular weight is 443 g/mol. The smallest absolute Gasteiger partial charge is 0.337 e. The zero-order valence-electron chi connectivity index (χ0n) is 16.9. The number of carbonyl (C=O) groups excluding carboxylic acids is 2. The van der Waals surface area contributed by atoms with Gasteiger partial charge in [0.1, 0.15) is 0 Å². The molecule has 10 heteroatoms. The lowest BCUT2D eigenvalue weighted by Crippen LogP contribution is -2.67. The summed E-state index contributed by atoms with van der Waals surface area (Å²) in [5.41, 5.74) is 0.587. The summed E-state index contributed by atoms with van der Waals surface area (Å²) in [5.74, 6) is -0.0597. The van der Waals surface area contributed by atoms with E-state index in [2.05, 4.69) is 15.7 Å². The third kappa shape index (κ3) is 3.65. The number of likely N-dealkylation sites (tertiary alicyclic amines) is 1. The van der Waals surface area contributed by atoms with Crippen molar-refractivity contribution in [2.45, 2.75) is 25.1 Å². The standard InChI is InChI=1S/C22H20F3N5O2/c23-22(24,25)14-4-3-5-15(8-14)27-20(32)28-16-9-21(10-16)12-29(13-21)19(31)17-11-26-30-7-2-1-6-18(17)30/h1-8,11,16H,9-10,12-13H2,(H2,27,28,32). The molecular formula is C22H20F3N5O2. The van der Waals surface area contributed by atoms with E-state index in [0.29, 0.717) is 18.7 Å². The predicted octanol–water partition coefficient (Wildman–Crippen LogP) is 3.78. The molecular weight excluding hydrogens is 423 g/mol. The van der Waals surface area contributed by atoms with E-state index in [-0.39, 0.29) is 23.1 Å². The van der Waals surface area contributed by atoms with Gasteiger partial charge in [-0.2, -0.15) is 18.3 Å². The van der Waals surface area contributed by atoms with Crippen LogP contribution in [-0.4, -0.2) is 45.6 Å². The Bertz CT molecular complexity index is 1190. The molecule has 3 heterocycles. The number of aromatic nitrogens is 2. The van der Waals surface area contributed by atoms with Gasteiger partial charge in [-0.15, -0.1) is 0 Å². The first-order chi connectivity index (χ1) is 15.2. The lowest BCUT2D eigenvalue weighted by Gasteiger charge is -2.58. The molecule has 3 aromatic rings. The summed E-state index contributed by atoms with van der Waals surface area (Å²) >= 11 is 0. The summed E-state index contributed by atoms with van der Waals surface area (Å²) in [7, 11) is 0. The van der Waals surface area contributed by atoms with Crippen LogP contribution in [0.4, 0.5) is 23.7 Å². The molecule has 1 saturated heterocycles. The molecule has 1 spiro atoms. The molecule has 2 aliphatic rings. The molecule has 2 aromatic heterocycles. The number of carbonyl (C=O) groups is 2. The molecule has 7 nitrogen and oxygen atoms in total. The minimum absolute atomic E-state index is 0.00717. The number of halogens is 3. The van der Waals surface area contributed by atoms with Gasteiger partial charge in [-0.1, -0.05) is 12.1 Å². The molecule has 166 valence electrons. The van der Waals surface area contributed by atoms with Crippen molar-refractivity contribution in [3.8, 4) is 0 Å². The molecule has 1 aliphatic heterocycles. The largest absolute Gasteiger partial charge is 0.416 e. The first-order valence-corrected chi connectivity index (χ1v) is 10.2. The molecule has 32 heavy (non-hydrogen) atoms. The molecule has 1 aliphatic carbocycles. The van der Waals surface area contributed by atoms with Crippen LogP contribution in [0.1, 0.15) is 28.8 Å². The van der Waals surface area contributed by atoms with Crippen LogP contribution < -0.4 is 10.6 Å². The zero-order valence-corrected chi connectivity index (χ0v) is 16.9. The highest BCUT2D eigenvalue weighted by molar-refractivity contribution is 6.01. The number of amides is 3. The second-order valence-electron chi connectivity index (χ2n) is 8.53. The number of hydrogen-bond acceptors (Lipinski definition) is 3. The van der Waals surface area contributed by atoms with Gasteiger partial charge in [-0.3, -0.25) is 4.79 Å². The number of benzene rings is 1. The second kappa shape index (κ2) is 7.25. The Morgan fingerprint density at radius 1 is 1.09 bits per heavy atom. The minimum atomic E-state index is -4.47. The van der Waals surface area contributed by atoms with Gasteiger partial charge < -0.3 is 15.5 Å². The van der Waals surface area contributed by atoms with Crippen LogP contribution in [0.2, 0.25) is 0 Å². The molecule has 0 unspecified atom stereocenters. The van der Waals surface area contributed by atoms with Crippen LogP contribution in [0.15, 0.2) is 54.9 Å². The number of hydrogen-bond donors (Lipinski definition) is 2. The normalized spacial score (nSPS) is 17.7. The Labute approximate surface area is 181 Å². The van der Waals surface area contributed by atoms with Crippen molar-refractivity contribution in [3.05, 3.63) is 66.0 Å². The molecule has 0 atom stereocenters. The number of nitrogens with one attached hydrogen (secondary N) is 2. The summed E-state index contributed by atoms with van der Waals surface area (Å²) in [5, 5.41) is 9.45. The fourth-order valence-corrected chi connectivity index (χ4v) is 4.65. The molecule has 0 bridgehead atoms. The van der Waals surface area contributed by atoms with E-state index in [9.17, 15) is 22.8 Å². The van der Waals surface area contributed by atoms with Crippen molar-refractivity contribution >= 4 is 23.1 Å². The molecule has 5 rings (SSSR count). The van der Waals surface area contributed by atoms with Crippen molar-refractivity contribution in [1.82, 2.24) is 19.8 Å². The first kappa shape index (κ1) is 20.3. The number of fused-ring (bicyclic) bond motifs is 1. The van der Waals surface area contributed by atoms with Gasteiger partial charge in [-0.05, 0) is 43.2 Å².